The monoisotopic (exact) mass is 452 g/mol. The molecule has 0 aliphatic heterocycles. The van der Waals surface area contributed by atoms with Gasteiger partial charge in [-0.2, -0.15) is 23.5 Å². The third-order valence-corrected chi connectivity index (χ3v) is 7.93. The van der Waals surface area contributed by atoms with E-state index in [1.807, 2.05) is 18.7 Å². The number of phenols is 1. The Bertz CT molecular complexity index is 530. The van der Waals surface area contributed by atoms with Crippen molar-refractivity contribution in [3.8, 4) is 5.75 Å². The Kier molecular flexibility index (Phi) is 18.0. The SMILES string of the molecule is CCCCCCCCCSCc1cc(CCSCCCCCCCC)cc(C)c1O. The van der Waals surface area contributed by atoms with Crippen LogP contribution < -0.4 is 0 Å². The number of benzene rings is 1. The van der Waals surface area contributed by atoms with Gasteiger partial charge >= 0.3 is 0 Å². The van der Waals surface area contributed by atoms with Crippen LogP contribution in [0, 0.1) is 6.92 Å². The Morgan fingerprint density at radius 2 is 1.20 bits per heavy atom. The molecule has 0 spiro atoms. The molecular formula is C27H48OS2. The van der Waals surface area contributed by atoms with E-state index in [4.69, 9.17) is 0 Å². The molecule has 1 nitrogen and oxygen atoms in total. The summed E-state index contributed by atoms with van der Waals surface area (Å²) in [4.78, 5) is 0. The molecule has 0 heterocycles. The van der Waals surface area contributed by atoms with Crippen molar-refractivity contribution < 1.29 is 5.11 Å². The van der Waals surface area contributed by atoms with Crippen LogP contribution in [0.3, 0.4) is 0 Å². The summed E-state index contributed by atoms with van der Waals surface area (Å²) >= 11 is 4.08. The number of hydrogen-bond donors (Lipinski definition) is 1. The average Bonchev–Trinajstić information content (AvgIpc) is 2.74. The summed E-state index contributed by atoms with van der Waals surface area (Å²) in [6.45, 7) is 6.60. The van der Waals surface area contributed by atoms with E-state index in [1.54, 1.807) is 0 Å². The molecule has 3 heteroatoms. The summed E-state index contributed by atoms with van der Waals surface area (Å²) in [5.41, 5.74) is 3.58. The predicted molar refractivity (Wildman–Crippen MR) is 141 cm³/mol. The average molecular weight is 453 g/mol. The second-order valence-electron chi connectivity index (χ2n) is 8.72. The lowest BCUT2D eigenvalue weighted by atomic mass is 10.0. The van der Waals surface area contributed by atoms with Crippen LogP contribution in [0.5, 0.6) is 5.75 Å². The summed E-state index contributed by atoms with van der Waals surface area (Å²) < 4.78 is 0. The molecule has 0 aromatic heterocycles. The van der Waals surface area contributed by atoms with Crippen molar-refractivity contribution in [3.05, 3.63) is 28.8 Å². The topological polar surface area (TPSA) is 20.2 Å². The second kappa shape index (κ2) is 19.4. The van der Waals surface area contributed by atoms with Crippen LogP contribution in [0.25, 0.3) is 0 Å². The maximum Gasteiger partial charge on any atom is 0.122 e. The van der Waals surface area contributed by atoms with Crippen molar-refractivity contribution in [2.75, 3.05) is 17.3 Å². The maximum atomic E-state index is 10.5. The number of phenolic OH excluding ortho intramolecular Hbond substituents is 1. The van der Waals surface area contributed by atoms with Gasteiger partial charge in [0.15, 0.2) is 0 Å². The van der Waals surface area contributed by atoms with E-state index in [0.29, 0.717) is 5.75 Å². The molecule has 0 bridgehead atoms. The largest absolute Gasteiger partial charge is 0.507 e. The van der Waals surface area contributed by atoms with Crippen molar-refractivity contribution in [1.82, 2.24) is 0 Å². The lowest BCUT2D eigenvalue weighted by Crippen LogP contribution is -1.95. The van der Waals surface area contributed by atoms with Gasteiger partial charge in [0.05, 0.1) is 0 Å². The van der Waals surface area contributed by atoms with Gasteiger partial charge in [-0.25, -0.2) is 0 Å². The molecule has 1 aromatic carbocycles. The first-order chi connectivity index (χ1) is 14.7. The van der Waals surface area contributed by atoms with Crippen LogP contribution in [-0.4, -0.2) is 22.4 Å². The molecule has 0 atom stereocenters. The number of thioether (sulfide) groups is 2. The van der Waals surface area contributed by atoms with Crippen LogP contribution in [0.4, 0.5) is 0 Å². The highest BCUT2D eigenvalue weighted by Crippen LogP contribution is 2.28. The van der Waals surface area contributed by atoms with Crippen LogP contribution in [0.15, 0.2) is 12.1 Å². The van der Waals surface area contributed by atoms with Crippen LogP contribution >= 0.6 is 23.5 Å². The van der Waals surface area contributed by atoms with E-state index in [9.17, 15) is 5.11 Å². The molecule has 1 rings (SSSR count). The van der Waals surface area contributed by atoms with Gasteiger partial charge in [-0.05, 0) is 54.6 Å². The summed E-state index contributed by atoms with van der Waals surface area (Å²) in [5.74, 6) is 5.17. The van der Waals surface area contributed by atoms with Crippen molar-refractivity contribution in [1.29, 1.82) is 0 Å². The van der Waals surface area contributed by atoms with Crippen LogP contribution in [-0.2, 0) is 12.2 Å². The Morgan fingerprint density at radius 1 is 0.667 bits per heavy atom. The third-order valence-electron chi connectivity index (χ3n) is 5.77. The molecule has 0 fully saturated rings. The van der Waals surface area contributed by atoms with Gasteiger partial charge < -0.3 is 5.11 Å². The minimum atomic E-state index is 0.519. The highest BCUT2D eigenvalue weighted by Gasteiger charge is 2.08. The minimum absolute atomic E-state index is 0.519. The highest BCUT2D eigenvalue weighted by atomic mass is 32.2. The van der Waals surface area contributed by atoms with E-state index in [0.717, 1.165) is 23.3 Å². The van der Waals surface area contributed by atoms with Crippen LogP contribution in [0.1, 0.15) is 114 Å². The smallest absolute Gasteiger partial charge is 0.122 e. The Hall–Kier alpha value is -0.280. The Balaban J connectivity index is 2.19. The fourth-order valence-electron chi connectivity index (χ4n) is 3.81. The number of rotatable bonds is 20. The van der Waals surface area contributed by atoms with Gasteiger partial charge in [0.1, 0.15) is 5.75 Å². The van der Waals surface area contributed by atoms with Crippen molar-refractivity contribution >= 4 is 23.5 Å². The summed E-state index contributed by atoms with van der Waals surface area (Å²) in [6, 6.07) is 4.44. The van der Waals surface area contributed by atoms with Gasteiger partial charge in [0.2, 0.25) is 0 Å². The molecule has 0 radical (unpaired) electrons. The molecule has 174 valence electrons. The van der Waals surface area contributed by atoms with Crippen molar-refractivity contribution in [2.24, 2.45) is 0 Å². The maximum absolute atomic E-state index is 10.5. The molecule has 0 unspecified atom stereocenters. The highest BCUT2D eigenvalue weighted by molar-refractivity contribution is 7.99. The van der Waals surface area contributed by atoms with E-state index >= 15 is 0 Å². The zero-order valence-corrected chi connectivity index (χ0v) is 21.8. The van der Waals surface area contributed by atoms with E-state index in [-0.39, 0.29) is 0 Å². The number of aromatic hydroxyl groups is 1. The number of hydrogen-bond acceptors (Lipinski definition) is 3. The summed E-state index contributed by atoms with van der Waals surface area (Å²) in [6.07, 6.45) is 19.0. The Labute approximate surface area is 196 Å². The molecule has 1 N–H and O–H groups in total. The molecule has 0 aliphatic carbocycles. The lowest BCUT2D eigenvalue weighted by Gasteiger charge is -2.11. The van der Waals surface area contributed by atoms with E-state index in [1.165, 1.54) is 106 Å². The van der Waals surface area contributed by atoms with E-state index < -0.39 is 0 Å². The normalized spacial score (nSPS) is 11.3. The van der Waals surface area contributed by atoms with E-state index in [2.05, 4.69) is 37.7 Å². The number of unbranched alkanes of at least 4 members (excludes halogenated alkanes) is 11. The lowest BCUT2D eigenvalue weighted by molar-refractivity contribution is 0.466. The molecule has 30 heavy (non-hydrogen) atoms. The zero-order chi connectivity index (χ0) is 21.9. The molecule has 0 aliphatic rings. The minimum Gasteiger partial charge on any atom is -0.507 e. The molecular weight excluding hydrogens is 404 g/mol. The molecule has 0 saturated carbocycles. The van der Waals surface area contributed by atoms with Gasteiger partial charge in [0, 0.05) is 11.3 Å². The number of aryl methyl sites for hydroxylation is 2. The van der Waals surface area contributed by atoms with Crippen LogP contribution in [0.2, 0.25) is 0 Å². The second-order valence-corrected chi connectivity index (χ2v) is 11.1. The summed E-state index contributed by atoms with van der Waals surface area (Å²) in [5, 5.41) is 10.5. The standard InChI is InChI=1S/C27H48OS2/c1-4-6-8-10-12-14-16-19-30-23-26-22-25(21-24(3)27(26)28)17-20-29-18-15-13-11-9-7-5-2/h21-22,28H,4-20,23H2,1-3H3. The molecule has 0 amide bonds. The predicted octanol–water partition coefficient (Wildman–Crippen LogP) is 9.32. The van der Waals surface area contributed by atoms with Crippen molar-refractivity contribution in [3.63, 3.8) is 0 Å². The Morgan fingerprint density at radius 3 is 1.80 bits per heavy atom. The quantitative estimate of drug-likeness (QED) is 0.199. The van der Waals surface area contributed by atoms with Gasteiger partial charge in [-0.3, -0.25) is 0 Å². The van der Waals surface area contributed by atoms with Crippen molar-refractivity contribution in [2.45, 2.75) is 116 Å². The fraction of sp³-hybridized carbons (Fsp3) is 0.778. The fourth-order valence-corrected chi connectivity index (χ4v) is 5.79. The van der Waals surface area contributed by atoms with Gasteiger partial charge in [0.25, 0.3) is 0 Å². The summed E-state index contributed by atoms with van der Waals surface area (Å²) in [7, 11) is 0. The first-order valence-corrected chi connectivity index (χ1v) is 15.0. The molecule has 1 aromatic rings. The van der Waals surface area contributed by atoms with Gasteiger partial charge in [-0.15, -0.1) is 0 Å². The van der Waals surface area contributed by atoms with Gasteiger partial charge in [-0.1, -0.05) is 96.6 Å². The third kappa shape index (κ3) is 13.9. The molecule has 0 saturated heterocycles. The first-order valence-electron chi connectivity index (χ1n) is 12.7. The zero-order valence-electron chi connectivity index (χ0n) is 20.1. The first kappa shape index (κ1) is 27.8.